The van der Waals surface area contributed by atoms with Crippen LogP contribution in [0.1, 0.15) is 22.3 Å². The molecule has 10 aromatic rings. The largest absolute Gasteiger partial charge is 0.208 e. The van der Waals surface area contributed by atoms with Crippen LogP contribution in [0.4, 0.5) is 0 Å². The summed E-state index contributed by atoms with van der Waals surface area (Å²) in [6, 6.07) is 80.5. The molecule has 0 fully saturated rings. The Labute approximate surface area is 365 Å². The zero-order valence-corrected chi connectivity index (χ0v) is 34.4. The quantitative estimate of drug-likeness (QED) is 0.168. The van der Waals surface area contributed by atoms with Crippen LogP contribution in [-0.2, 0) is 5.41 Å². The van der Waals surface area contributed by atoms with Crippen LogP contribution >= 0.6 is 11.8 Å². The molecule has 0 unspecified atom stereocenters. The van der Waals surface area contributed by atoms with E-state index in [1.165, 1.54) is 54.3 Å². The highest BCUT2D eigenvalue weighted by Crippen LogP contribution is 2.62. The van der Waals surface area contributed by atoms with Gasteiger partial charge in [-0.2, -0.15) is 0 Å². The molecule has 1 aromatic heterocycles. The normalized spacial score (nSPS) is 12.9. The van der Waals surface area contributed by atoms with Crippen molar-refractivity contribution in [1.29, 1.82) is 0 Å². The van der Waals surface area contributed by atoms with Gasteiger partial charge in [0.05, 0.1) is 5.41 Å². The summed E-state index contributed by atoms with van der Waals surface area (Å²) in [4.78, 5) is 18.0. The molecule has 2 aliphatic rings. The van der Waals surface area contributed by atoms with Crippen molar-refractivity contribution < 1.29 is 0 Å². The van der Waals surface area contributed by atoms with E-state index in [9.17, 15) is 0 Å². The van der Waals surface area contributed by atoms with Gasteiger partial charge in [-0.05, 0) is 97.1 Å². The second kappa shape index (κ2) is 14.8. The van der Waals surface area contributed by atoms with Gasteiger partial charge in [-0.15, -0.1) is 0 Å². The zero-order valence-electron chi connectivity index (χ0n) is 33.6. The van der Waals surface area contributed by atoms with Gasteiger partial charge in [0.2, 0.25) is 0 Å². The number of hydrogen-bond donors (Lipinski definition) is 0. The van der Waals surface area contributed by atoms with E-state index in [1.807, 2.05) is 42.1 Å². The van der Waals surface area contributed by atoms with Crippen LogP contribution in [0.15, 0.2) is 234 Å². The molecule has 12 rings (SSSR count). The first-order valence-electron chi connectivity index (χ1n) is 21.0. The minimum Gasteiger partial charge on any atom is -0.208 e. The van der Waals surface area contributed by atoms with E-state index in [-0.39, 0.29) is 0 Å². The molecule has 1 spiro atoms. The molecule has 0 radical (unpaired) electrons. The van der Waals surface area contributed by atoms with Crippen LogP contribution in [0.3, 0.4) is 0 Å². The number of aromatic nitrogens is 3. The maximum absolute atomic E-state index is 5.19. The number of rotatable bonds is 6. The Bertz CT molecular complexity index is 3290. The molecule has 2 heterocycles. The standard InChI is InChI=1S/C58H37N3S/c1-3-17-38(18-4-1)45-25-7-8-28-48(45)57-60-55(39-19-5-2-6-20-39)59-56(61-57)44-24-16-23-42(36-44)40-21-15-22-41(35-40)43-33-34-54-52(37-43)58(51-31-13-14-32-53(51)62-54)49-29-11-9-26-46(49)47-27-10-12-30-50(47)58/h1-37H. The summed E-state index contributed by atoms with van der Waals surface area (Å²) in [6.45, 7) is 0. The van der Waals surface area contributed by atoms with Crippen molar-refractivity contribution in [2.75, 3.05) is 0 Å². The minimum atomic E-state index is -0.421. The number of hydrogen-bond acceptors (Lipinski definition) is 4. The van der Waals surface area contributed by atoms with Gasteiger partial charge in [-0.3, -0.25) is 0 Å². The van der Waals surface area contributed by atoms with Gasteiger partial charge in [-0.25, -0.2) is 15.0 Å². The third-order valence-corrected chi connectivity index (χ3v) is 13.6. The molecular formula is C58H37N3S. The van der Waals surface area contributed by atoms with Crippen LogP contribution < -0.4 is 0 Å². The first-order chi connectivity index (χ1) is 30.7. The smallest absolute Gasteiger partial charge is 0.164 e. The monoisotopic (exact) mass is 807 g/mol. The van der Waals surface area contributed by atoms with Crippen LogP contribution in [0, 0.1) is 0 Å². The fraction of sp³-hybridized carbons (Fsp3) is 0.0172. The third-order valence-electron chi connectivity index (χ3n) is 12.4. The predicted molar refractivity (Wildman–Crippen MR) is 254 cm³/mol. The second-order valence-corrected chi connectivity index (χ2v) is 17.0. The highest BCUT2D eigenvalue weighted by atomic mass is 32.2. The molecular weight excluding hydrogens is 771 g/mol. The Morgan fingerprint density at radius 1 is 0.258 bits per heavy atom. The maximum Gasteiger partial charge on any atom is 0.164 e. The molecule has 1 aliphatic heterocycles. The fourth-order valence-electron chi connectivity index (χ4n) is 9.64. The Hall–Kier alpha value is -7.66. The lowest BCUT2D eigenvalue weighted by molar-refractivity contribution is 0.723. The van der Waals surface area contributed by atoms with Gasteiger partial charge in [0, 0.05) is 26.5 Å². The molecule has 0 bridgehead atoms. The second-order valence-electron chi connectivity index (χ2n) is 15.9. The molecule has 290 valence electrons. The van der Waals surface area contributed by atoms with Crippen molar-refractivity contribution in [3.63, 3.8) is 0 Å². The SMILES string of the molecule is c1ccc(-c2nc(-c3cccc(-c4cccc(-c5ccc6c(c5)C5(c7ccccc7S6)c6ccccc6-c6ccccc65)c4)c3)nc(-c3ccccc3-c3ccccc3)n2)cc1. The number of nitrogens with zero attached hydrogens (tertiary/aromatic N) is 3. The molecule has 0 saturated carbocycles. The van der Waals surface area contributed by atoms with Crippen molar-refractivity contribution in [2.24, 2.45) is 0 Å². The summed E-state index contributed by atoms with van der Waals surface area (Å²) >= 11 is 1.88. The Kier molecular flexibility index (Phi) is 8.65. The Balaban J connectivity index is 0.968. The zero-order chi connectivity index (χ0) is 41.0. The van der Waals surface area contributed by atoms with Crippen LogP contribution in [0.2, 0.25) is 0 Å². The topological polar surface area (TPSA) is 38.7 Å². The molecule has 3 nitrogen and oxygen atoms in total. The summed E-state index contributed by atoms with van der Waals surface area (Å²) in [5, 5.41) is 0. The van der Waals surface area contributed by atoms with Gasteiger partial charge in [0.1, 0.15) is 0 Å². The first-order valence-corrected chi connectivity index (χ1v) is 21.8. The van der Waals surface area contributed by atoms with Gasteiger partial charge < -0.3 is 0 Å². The lowest BCUT2D eigenvalue weighted by atomic mass is 9.67. The van der Waals surface area contributed by atoms with E-state index < -0.39 is 5.41 Å². The van der Waals surface area contributed by atoms with Crippen LogP contribution in [0.5, 0.6) is 0 Å². The van der Waals surface area contributed by atoms with Gasteiger partial charge in [0.25, 0.3) is 0 Å². The summed E-state index contributed by atoms with van der Waals surface area (Å²) < 4.78 is 0. The van der Waals surface area contributed by atoms with E-state index in [0.717, 1.165) is 38.9 Å². The van der Waals surface area contributed by atoms with Crippen molar-refractivity contribution >= 4 is 11.8 Å². The maximum atomic E-state index is 5.19. The summed E-state index contributed by atoms with van der Waals surface area (Å²) in [6.07, 6.45) is 0. The average molecular weight is 808 g/mol. The van der Waals surface area contributed by atoms with Crippen molar-refractivity contribution in [3.05, 3.63) is 247 Å². The highest BCUT2D eigenvalue weighted by molar-refractivity contribution is 7.99. The molecule has 9 aromatic carbocycles. The molecule has 1 aliphatic carbocycles. The third kappa shape index (κ3) is 5.87. The molecule has 4 heteroatoms. The van der Waals surface area contributed by atoms with E-state index in [4.69, 9.17) is 15.0 Å². The predicted octanol–water partition coefficient (Wildman–Crippen LogP) is 14.7. The van der Waals surface area contributed by atoms with Gasteiger partial charge >= 0.3 is 0 Å². The van der Waals surface area contributed by atoms with Crippen LogP contribution in [0.25, 0.3) is 78.7 Å². The van der Waals surface area contributed by atoms with E-state index in [2.05, 4.69) is 194 Å². The van der Waals surface area contributed by atoms with Crippen molar-refractivity contribution in [2.45, 2.75) is 15.2 Å². The van der Waals surface area contributed by atoms with Crippen molar-refractivity contribution in [3.8, 4) is 78.7 Å². The molecule has 0 amide bonds. The summed E-state index contributed by atoms with van der Waals surface area (Å²) in [7, 11) is 0. The minimum absolute atomic E-state index is 0.421. The van der Waals surface area contributed by atoms with E-state index in [1.54, 1.807) is 0 Å². The van der Waals surface area contributed by atoms with Gasteiger partial charge in [0.15, 0.2) is 17.5 Å². The number of fused-ring (bicyclic) bond motifs is 9. The van der Waals surface area contributed by atoms with E-state index in [0.29, 0.717) is 17.5 Å². The fourth-order valence-corrected chi connectivity index (χ4v) is 10.8. The number of benzene rings is 9. The van der Waals surface area contributed by atoms with Crippen LogP contribution in [-0.4, -0.2) is 15.0 Å². The Morgan fingerprint density at radius 3 is 1.35 bits per heavy atom. The Morgan fingerprint density at radius 2 is 0.694 bits per heavy atom. The molecule has 0 saturated heterocycles. The molecule has 62 heavy (non-hydrogen) atoms. The lowest BCUT2D eigenvalue weighted by Gasteiger charge is -2.40. The lowest BCUT2D eigenvalue weighted by Crippen LogP contribution is -2.32. The van der Waals surface area contributed by atoms with Gasteiger partial charge in [-0.1, -0.05) is 206 Å². The molecule has 0 N–H and O–H groups in total. The average Bonchev–Trinajstić information content (AvgIpc) is 3.65. The first kappa shape index (κ1) is 36.2. The highest BCUT2D eigenvalue weighted by Gasteiger charge is 2.50. The van der Waals surface area contributed by atoms with E-state index >= 15 is 0 Å². The molecule has 0 atom stereocenters. The summed E-state index contributed by atoms with van der Waals surface area (Å²) in [5.74, 6) is 1.91. The van der Waals surface area contributed by atoms with Crippen molar-refractivity contribution in [1.82, 2.24) is 15.0 Å². The summed E-state index contributed by atoms with van der Waals surface area (Å²) in [5.41, 5.74) is 17.2.